The molecule has 1 N–H and O–H groups in total. The molecule has 100 valence electrons. The Labute approximate surface area is 116 Å². The Morgan fingerprint density at radius 1 is 1.44 bits per heavy atom. The van der Waals surface area contributed by atoms with Gasteiger partial charge in [0.25, 0.3) is 0 Å². The minimum atomic E-state index is -0.198. The van der Waals surface area contributed by atoms with E-state index in [0.29, 0.717) is 0 Å². The number of hydrogen-bond acceptors (Lipinski definition) is 4. The zero-order valence-corrected chi connectivity index (χ0v) is 12.1. The molecule has 0 spiro atoms. The molecule has 1 heterocycles. The molecule has 0 saturated carbocycles. The van der Waals surface area contributed by atoms with E-state index in [4.69, 9.17) is 0 Å². The van der Waals surface area contributed by atoms with E-state index in [-0.39, 0.29) is 18.2 Å². The van der Waals surface area contributed by atoms with E-state index in [2.05, 4.69) is 22.2 Å². The first-order valence-corrected chi connectivity index (χ1v) is 6.39. The van der Waals surface area contributed by atoms with Crippen molar-refractivity contribution in [1.29, 1.82) is 0 Å². The maximum absolute atomic E-state index is 13.0. The summed E-state index contributed by atoms with van der Waals surface area (Å²) in [6.45, 7) is 2.74. The molecule has 0 bridgehead atoms. The Kier molecular flexibility index (Phi) is 5.95. The molecule has 0 aliphatic rings. The van der Waals surface area contributed by atoms with E-state index in [9.17, 15) is 4.39 Å². The number of nitrogens with zero attached hydrogens (tertiary/aromatic N) is 2. The van der Waals surface area contributed by atoms with Gasteiger partial charge in [-0.25, -0.2) is 9.37 Å². The second-order valence-corrected chi connectivity index (χ2v) is 5.18. The number of benzene rings is 1. The summed E-state index contributed by atoms with van der Waals surface area (Å²) in [5, 5.41) is 4.14. The van der Waals surface area contributed by atoms with Crippen LogP contribution in [0.3, 0.4) is 0 Å². The normalized spacial score (nSPS) is 10.9. The molecule has 6 heteroatoms. The standard InChI is InChI=1S/C12H16FN3S.ClH/c1-14-5-6-16(2)8-12-15-10-4-3-9(13)7-11(10)17-12;/h3-4,7,14H,5-6,8H2,1-2H3;1H. The fraction of sp³-hybridized carbons (Fsp3) is 0.417. The van der Waals surface area contributed by atoms with Gasteiger partial charge in [-0.1, -0.05) is 0 Å². The third-order valence-electron chi connectivity index (χ3n) is 2.54. The van der Waals surface area contributed by atoms with E-state index in [1.807, 2.05) is 7.05 Å². The maximum atomic E-state index is 13.0. The molecule has 0 atom stereocenters. The Bertz CT molecular complexity index is 503. The van der Waals surface area contributed by atoms with Crippen LogP contribution in [0.25, 0.3) is 10.2 Å². The van der Waals surface area contributed by atoms with Crippen molar-refractivity contribution in [3.05, 3.63) is 29.0 Å². The van der Waals surface area contributed by atoms with Gasteiger partial charge in [-0.05, 0) is 32.3 Å². The second kappa shape index (κ2) is 6.99. The van der Waals surface area contributed by atoms with Gasteiger partial charge in [-0.15, -0.1) is 23.7 Å². The van der Waals surface area contributed by atoms with Crippen LogP contribution in [0.1, 0.15) is 5.01 Å². The molecule has 1 aromatic carbocycles. The number of fused-ring (bicyclic) bond motifs is 1. The average Bonchev–Trinajstić information content (AvgIpc) is 2.67. The number of hydrogen-bond donors (Lipinski definition) is 1. The van der Waals surface area contributed by atoms with Crippen molar-refractivity contribution in [2.45, 2.75) is 6.54 Å². The van der Waals surface area contributed by atoms with Crippen LogP contribution in [0.15, 0.2) is 18.2 Å². The molecule has 0 aliphatic heterocycles. The van der Waals surface area contributed by atoms with E-state index >= 15 is 0 Å². The summed E-state index contributed by atoms with van der Waals surface area (Å²) in [6, 6.07) is 4.74. The lowest BCUT2D eigenvalue weighted by atomic mass is 10.3. The van der Waals surface area contributed by atoms with Crippen LogP contribution in [0.2, 0.25) is 0 Å². The average molecular weight is 290 g/mol. The van der Waals surface area contributed by atoms with E-state index in [1.165, 1.54) is 6.07 Å². The molecule has 0 aliphatic carbocycles. The topological polar surface area (TPSA) is 28.2 Å². The molecule has 18 heavy (non-hydrogen) atoms. The first kappa shape index (κ1) is 15.3. The smallest absolute Gasteiger partial charge is 0.124 e. The van der Waals surface area contributed by atoms with Crippen molar-refractivity contribution >= 4 is 34.0 Å². The van der Waals surface area contributed by atoms with E-state index < -0.39 is 0 Å². The van der Waals surface area contributed by atoms with E-state index in [1.54, 1.807) is 23.5 Å². The predicted molar refractivity (Wildman–Crippen MR) is 77.1 cm³/mol. The summed E-state index contributed by atoms with van der Waals surface area (Å²) < 4.78 is 14.0. The maximum Gasteiger partial charge on any atom is 0.124 e. The summed E-state index contributed by atoms with van der Waals surface area (Å²) >= 11 is 1.56. The van der Waals surface area contributed by atoms with Gasteiger partial charge in [0.15, 0.2) is 0 Å². The van der Waals surface area contributed by atoms with Gasteiger partial charge in [0.05, 0.1) is 16.8 Å². The van der Waals surface area contributed by atoms with Crippen LogP contribution in [0, 0.1) is 5.82 Å². The van der Waals surface area contributed by atoms with Crippen LogP contribution >= 0.6 is 23.7 Å². The highest BCUT2D eigenvalue weighted by molar-refractivity contribution is 7.18. The minimum absolute atomic E-state index is 0. The third-order valence-corrected chi connectivity index (χ3v) is 3.55. The predicted octanol–water partition coefficient (Wildman–Crippen LogP) is 2.51. The summed E-state index contributed by atoms with van der Waals surface area (Å²) in [4.78, 5) is 6.69. The number of rotatable bonds is 5. The summed E-state index contributed by atoms with van der Waals surface area (Å²) in [7, 11) is 4.00. The Morgan fingerprint density at radius 3 is 2.94 bits per heavy atom. The lowest BCUT2D eigenvalue weighted by Crippen LogP contribution is -2.26. The molecule has 1 aromatic heterocycles. The molecule has 3 nitrogen and oxygen atoms in total. The van der Waals surface area contributed by atoms with Gasteiger partial charge < -0.3 is 5.32 Å². The number of halogens is 2. The van der Waals surface area contributed by atoms with Gasteiger partial charge in [-0.2, -0.15) is 0 Å². The highest BCUT2D eigenvalue weighted by Gasteiger charge is 2.07. The van der Waals surface area contributed by atoms with Gasteiger partial charge in [0, 0.05) is 13.1 Å². The highest BCUT2D eigenvalue weighted by Crippen LogP contribution is 2.23. The fourth-order valence-corrected chi connectivity index (χ4v) is 2.70. The molecule has 0 amide bonds. The second-order valence-electron chi connectivity index (χ2n) is 4.06. The largest absolute Gasteiger partial charge is 0.318 e. The van der Waals surface area contributed by atoms with Gasteiger partial charge in [0.2, 0.25) is 0 Å². The van der Waals surface area contributed by atoms with Crippen molar-refractivity contribution in [1.82, 2.24) is 15.2 Å². The molecule has 0 saturated heterocycles. The van der Waals surface area contributed by atoms with Crippen LogP contribution in [0.5, 0.6) is 0 Å². The molecular formula is C12H17ClFN3S. The first-order chi connectivity index (χ1) is 8.19. The molecule has 0 unspecified atom stereocenters. The molecule has 0 fully saturated rings. The summed E-state index contributed by atoms with van der Waals surface area (Å²) in [5.74, 6) is -0.198. The van der Waals surface area contributed by atoms with Crippen LogP contribution in [0.4, 0.5) is 4.39 Å². The zero-order valence-electron chi connectivity index (χ0n) is 10.4. The Balaban J connectivity index is 0.00000162. The van der Waals surface area contributed by atoms with E-state index in [0.717, 1.165) is 34.9 Å². The van der Waals surface area contributed by atoms with Gasteiger partial charge in [0.1, 0.15) is 10.8 Å². The number of thiazole rings is 1. The minimum Gasteiger partial charge on any atom is -0.318 e. The fourth-order valence-electron chi connectivity index (χ4n) is 1.63. The van der Waals surface area contributed by atoms with Crippen molar-refractivity contribution in [3.8, 4) is 0 Å². The van der Waals surface area contributed by atoms with Crippen molar-refractivity contribution in [3.63, 3.8) is 0 Å². The van der Waals surface area contributed by atoms with Crippen molar-refractivity contribution < 1.29 is 4.39 Å². The lowest BCUT2D eigenvalue weighted by Gasteiger charge is -2.13. The highest BCUT2D eigenvalue weighted by atomic mass is 35.5. The molecular weight excluding hydrogens is 273 g/mol. The number of nitrogens with one attached hydrogen (secondary N) is 1. The van der Waals surface area contributed by atoms with Crippen molar-refractivity contribution in [2.75, 3.05) is 27.2 Å². The summed E-state index contributed by atoms with van der Waals surface area (Å²) in [5.41, 5.74) is 0.883. The monoisotopic (exact) mass is 289 g/mol. The Morgan fingerprint density at radius 2 is 2.22 bits per heavy atom. The van der Waals surface area contributed by atoms with Crippen LogP contribution in [-0.2, 0) is 6.54 Å². The number of likely N-dealkylation sites (N-methyl/N-ethyl adjacent to an activating group) is 2. The Hall–Kier alpha value is -0.750. The first-order valence-electron chi connectivity index (χ1n) is 5.57. The van der Waals surface area contributed by atoms with Gasteiger partial charge >= 0.3 is 0 Å². The van der Waals surface area contributed by atoms with Crippen LogP contribution < -0.4 is 5.32 Å². The van der Waals surface area contributed by atoms with Crippen molar-refractivity contribution in [2.24, 2.45) is 0 Å². The third kappa shape index (κ3) is 3.88. The molecule has 2 aromatic rings. The van der Waals surface area contributed by atoms with Crippen LogP contribution in [-0.4, -0.2) is 37.1 Å². The zero-order chi connectivity index (χ0) is 12.3. The molecule has 2 rings (SSSR count). The summed E-state index contributed by atoms with van der Waals surface area (Å²) in [6.07, 6.45) is 0. The SMILES string of the molecule is CNCCN(C)Cc1nc2ccc(F)cc2s1.Cl. The quantitative estimate of drug-likeness (QED) is 0.917. The molecule has 0 radical (unpaired) electrons. The van der Waals surface area contributed by atoms with Gasteiger partial charge in [-0.3, -0.25) is 4.90 Å². The number of aromatic nitrogens is 1. The lowest BCUT2D eigenvalue weighted by molar-refractivity contribution is 0.328.